The van der Waals surface area contributed by atoms with Crippen molar-refractivity contribution >= 4 is 31.9 Å². The van der Waals surface area contributed by atoms with Crippen LogP contribution in [0.4, 0.5) is 13.2 Å². The minimum absolute atomic E-state index is 0.158. The molecule has 0 saturated carbocycles. The minimum atomic E-state index is -2.88. The predicted octanol–water partition coefficient (Wildman–Crippen LogP) is 3.82. The van der Waals surface area contributed by atoms with Gasteiger partial charge in [-0.1, -0.05) is 15.9 Å². The third-order valence-corrected chi connectivity index (χ3v) is 2.68. The van der Waals surface area contributed by atoms with Gasteiger partial charge in [0.2, 0.25) is 0 Å². The van der Waals surface area contributed by atoms with Gasteiger partial charge >= 0.3 is 0 Å². The van der Waals surface area contributed by atoms with Crippen LogP contribution in [0.5, 0.6) is 0 Å². The van der Waals surface area contributed by atoms with Crippen molar-refractivity contribution in [2.45, 2.75) is 11.8 Å². The summed E-state index contributed by atoms with van der Waals surface area (Å²) in [6.45, 7) is 0. The summed E-state index contributed by atoms with van der Waals surface area (Å²) in [5.41, 5.74) is -0.650. The van der Waals surface area contributed by atoms with Crippen LogP contribution in [0.15, 0.2) is 10.7 Å². The highest BCUT2D eigenvalue weighted by atomic mass is 79.9. The van der Waals surface area contributed by atoms with E-state index in [1.165, 1.54) is 6.20 Å². The zero-order valence-electron chi connectivity index (χ0n) is 6.20. The van der Waals surface area contributed by atoms with E-state index in [-0.39, 0.29) is 10.9 Å². The van der Waals surface area contributed by atoms with Crippen LogP contribution in [0.25, 0.3) is 0 Å². The summed E-state index contributed by atoms with van der Waals surface area (Å²) in [4.78, 5) is 3.29. The molecule has 0 aliphatic rings. The first-order chi connectivity index (χ1) is 6.07. The van der Waals surface area contributed by atoms with Gasteiger partial charge in [0.05, 0.1) is 0 Å². The van der Waals surface area contributed by atoms with Crippen molar-refractivity contribution in [1.82, 2.24) is 4.98 Å². The molecule has 0 unspecified atom stereocenters. The van der Waals surface area contributed by atoms with E-state index in [2.05, 4.69) is 36.8 Å². The largest absolute Gasteiger partial charge is 0.283 e. The molecular weight excluding hydrogens is 315 g/mol. The van der Waals surface area contributed by atoms with Gasteiger partial charge in [-0.05, 0) is 15.9 Å². The van der Waals surface area contributed by atoms with Crippen molar-refractivity contribution in [2.24, 2.45) is 0 Å². The number of alkyl halides is 3. The molecule has 13 heavy (non-hydrogen) atoms. The summed E-state index contributed by atoms with van der Waals surface area (Å²) in [7, 11) is 0. The molecule has 0 aliphatic carbocycles. The van der Waals surface area contributed by atoms with Gasteiger partial charge in [-0.3, -0.25) is 4.98 Å². The van der Waals surface area contributed by atoms with Crippen LogP contribution in [-0.2, 0) is 5.33 Å². The highest BCUT2D eigenvalue weighted by Gasteiger charge is 2.19. The molecule has 6 heteroatoms. The molecule has 0 spiro atoms. The molecule has 0 fully saturated rings. The Balaban J connectivity index is 3.27. The second kappa shape index (κ2) is 4.41. The van der Waals surface area contributed by atoms with E-state index in [9.17, 15) is 13.2 Å². The van der Waals surface area contributed by atoms with E-state index < -0.39 is 17.9 Å². The summed E-state index contributed by atoms with van der Waals surface area (Å²) in [5, 5.41) is 0.168. The van der Waals surface area contributed by atoms with Gasteiger partial charge in [0.15, 0.2) is 5.82 Å². The fourth-order valence-corrected chi connectivity index (χ4v) is 2.14. The number of hydrogen-bond donors (Lipinski definition) is 0. The van der Waals surface area contributed by atoms with Gasteiger partial charge in [-0.2, -0.15) is 0 Å². The summed E-state index contributed by atoms with van der Waals surface area (Å²) in [6, 6.07) is 0. The standard InChI is InChI=1S/C7H4Br2F3N/c8-1-3-4(9)2-13-6(5(3)10)7(11)12/h2,7H,1H2. The summed E-state index contributed by atoms with van der Waals surface area (Å²) in [5.74, 6) is -0.957. The van der Waals surface area contributed by atoms with Crippen LogP contribution in [-0.4, -0.2) is 4.98 Å². The van der Waals surface area contributed by atoms with Crippen LogP contribution in [0.3, 0.4) is 0 Å². The molecule has 0 aliphatic heterocycles. The first-order valence-corrected chi connectivity index (χ1v) is 5.16. The number of aromatic nitrogens is 1. The molecule has 0 atom stereocenters. The maximum atomic E-state index is 13.2. The van der Waals surface area contributed by atoms with E-state index in [0.717, 1.165) is 0 Å². The Morgan fingerprint density at radius 3 is 2.54 bits per heavy atom. The lowest BCUT2D eigenvalue weighted by Gasteiger charge is -2.06. The van der Waals surface area contributed by atoms with Crippen LogP contribution in [0, 0.1) is 5.82 Å². The summed E-state index contributed by atoms with van der Waals surface area (Å²) in [6.07, 6.45) is -1.72. The van der Waals surface area contributed by atoms with E-state index >= 15 is 0 Å². The molecule has 0 N–H and O–H groups in total. The molecule has 1 aromatic rings. The second-order valence-electron chi connectivity index (χ2n) is 2.22. The SMILES string of the molecule is Fc1c(C(F)F)ncc(Br)c1CBr. The molecule has 0 saturated heterocycles. The van der Waals surface area contributed by atoms with E-state index in [4.69, 9.17) is 0 Å². The fourth-order valence-electron chi connectivity index (χ4n) is 0.795. The topological polar surface area (TPSA) is 12.9 Å². The molecule has 0 bridgehead atoms. The van der Waals surface area contributed by atoms with Gasteiger partial charge in [-0.25, -0.2) is 13.2 Å². The zero-order valence-corrected chi connectivity index (χ0v) is 9.37. The Morgan fingerprint density at radius 1 is 1.46 bits per heavy atom. The number of nitrogens with zero attached hydrogens (tertiary/aromatic N) is 1. The lowest BCUT2D eigenvalue weighted by molar-refractivity contribution is 0.140. The Labute approximate surface area is 89.6 Å². The van der Waals surface area contributed by atoms with Crippen LogP contribution in [0.1, 0.15) is 17.7 Å². The Bertz CT molecular complexity index is 317. The van der Waals surface area contributed by atoms with Crippen molar-refractivity contribution < 1.29 is 13.2 Å². The second-order valence-corrected chi connectivity index (χ2v) is 3.63. The molecule has 0 radical (unpaired) electrons. The minimum Gasteiger partial charge on any atom is -0.251 e. The molecule has 1 heterocycles. The van der Waals surface area contributed by atoms with Crippen LogP contribution in [0.2, 0.25) is 0 Å². The van der Waals surface area contributed by atoms with E-state index in [0.29, 0.717) is 4.47 Å². The Hall–Kier alpha value is -0.100. The maximum Gasteiger partial charge on any atom is 0.283 e. The third-order valence-electron chi connectivity index (χ3n) is 1.44. The fraction of sp³-hybridized carbons (Fsp3) is 0.286. The van der Waals surface area contributed by atoms with Gasteiger partial charge < -0.3 is 0 Å². The van der Waals surface area contributed by atoms with Crippen molar-refractivity contribution in [3.8, 4) is 0 Å². The monoisotopic (exact) mass is 317 g/mol. The Kier molecular flexibility index (Phi) is 3.73. The number of pyridine rings is 1. The van der Waals surface area contributed by atoms with Crippen LogP contribution >= 0.6 is 31.9 Å². The maximum absolute atomic E-state index is 13.2. The number of halogens is 5. The highest BCUT2D eigenvalue weighted by molar-refractivity contribution is 9.10. The molecule has 0 amide bonds. The van der Waals surface area contributed by atoms with Crippen molar-refractivity contribution in [3.63, 3.8) is 0 Å². The number of hydrogen-bond acceptors (Lipinski definition) is 1. The average molecular weight is 319 g/mol. The van der Waals surface area contributed by atoms with Gasteiger partial charge in [0.25, 0.3) is 6.43 Å². The first kappa shape index (κ1) is 11.0. The van der Waals surface area contributed by atoms with Gasteiger partial charge in [0, 0.05) is 21.6 Å². The third kappa shape index (κ3) is 2.22. The lowest BCUT2D eigenvalue weighted by Crippen LogP contribution is -2.00. The van der Waals surface area contributed by atoms with Crippen molar-refractivity contribution in [2.75, 3.05) is 0 Å². The predicted molar refractivity (Wildman–Crippen MR) is 49.5 cm³/mol. The average Bonchev–Trinajstić information content (AvgIpc) is 2.04. The molecule has 72 valence electrons. The molecule has 1 aromatic heterocycles. The van der Waals surface area contributed by atoms with Crippen LogP contribution < -0.4 is 0 Å². The number of rotatable bonds is 2. The highest BCUT2D eigenvalue weighted by Crippen LogP contribution is 2.27. The van der Waals surface area contributed by atoms with Gasteiger partial charge in [-0.15, -0.1) is 0 Å². The normalized spacial score (nSPS) is 10.9. The van der Waals surface area contributed by atoms with Crippen molar-refractivity contribution in [3.05, 3.63) is 27.7 Å². The van der Waals surface area contributed by atoms with E-state index in [1.54, 1.807) is 0 Å². The van der Waals surface area contributed by atoms with E-state index in [1.807, 2.05) is 0 Å². The lowest BCUT2D eigenvalue weighted by atomic mass is 10.2. The molecule has 0 aromatic carbocycles. The molecule has 1 rings (SSSR count). The zero-order chi connectivity index (χ0) is 10.0. The Morgan fingerprint density at radius 2 is 2.08 bits per heavy atom. The summed E-state index contributed by atoms with van der Waals surface area (Å²) >= 11 is 6.01. The van der Waals surface area contributed by atoms with Crippen molar-refractivity contribution in [1.29, 1.82) is 0 Å². The molecule has 1 nitrogen and oxygen atoms in total. The first-order valence-electron chi connectivity index (χ1n) is 3.24. The quantitative estimate of drug-likeness (QED) is 0.756. The summed E-state index contributed by atoms with van der Waals surface area (Å²) < 4.78 is 37.8. The molecular formula is C7H4Br2F3N. The van der Waals surface area contributed by atoms with Gasteiger partial charge in [0.1, 0.15) is 5.69 Å². The smallest absolute Gasteiger partial charge is 0.251 e.